The lowest BCUT2D eigenvalue weighted by molar-refractivity contribution is -0.147. The third kappa shape index (κ3) is 9.09. The van der Waals surface area contributed by atoms with Crippen LogP contribution in [0.1, 0.15) is 26.7 Å². The fourth-order valence-electron chi connectivity index (χ4n) is 1.18. The fourth-order valence-corrected chi connectivity index (χ4v) is 1.18. The van der Waals surface area contributed by atoms with Gasteiger partial charge >= 0.3 is 5.97 Å². The Balaban J connectivity index is 3.46. The molecule has 1 atom stereocenters. The van der Waals surface area contributed by atoms with Crippen LogP contribution in [0.25, 0.3) is 0 Å². The minimum absolute atomic E-state index is 0.276. The van der Waals surface area contributed by atoms with E-state index in [2.05, 4.69) is 12.2 Å². The number of ether oxygens (including phenoxy) is 3. The van der Waals surface area contributed by atoms with Gasteiger partial charge in [-0.3, -0.25) is 4.79 Å². The van der Waals surface area contributed by atoms with Crippen molar-refractivity contribution in [3.63, 3.8) is 0 Å². The number of rotatable bonds is 11. The number of likely N-dealkylation sites (N-methyl/N-ethyl adjacent to an activating group) is 1. The van der Waals surface area contributed by atoms with Gasteiger partial charge in [0.05, 0.1) is 26.4 Å². The first-order chi connectivity index (χ1) is 8.26. The number of esters is 1. The molecule has 0 saturated heterocycles. The average Bonchev–Trinajstić information content (AvgIpc) is 2.33. The van der Waals surface area contributed by atoms with Crippen LogP contribution in [0, 0.1) is 0 Å². The molecular formula is C12H25NO4. The second-order valence-corrected chi connectivity index (χ2v) is 3.63. The van der Waals surface area contributed by atoms with Gasteiger partial charge in [0.15, 0.2) is 0 Å². The van der Waals surface area contributed by atoms with Crippen LogP contribution in [0.3, 0.4) is 0 Å². The van der Waals surface area contributed by atoms with Gasteiger partial charge in [0.2, 0.25) is 0 Å². The quantitative estimate of drug-likeness (QED) is 0.435. The van der Waals surface area contributed by atoms with Gasteiger partial charge in [-0.2, -0.15) is 0 Å². The van der Waals surface area contributed by atoms with Gasteiger partial charge in [0.25, 0.3) is 0 Å². The molecule has 0 aromatic rings. The van der Waals surface area contributed by atoms with Crippen LogP contribution >= 0.6 is 0 Å². The summed E-state index contributed by atoms with van der Waals surface area (Å²) in [5, 5.41) is 2.86. The van der Waals surface area contributed by atoms with Crippen LogP contribution in [0.4, 0.5) is 0 Å². The highest BCUT2D eigenvalue weighted by Crippen LogP contribution is 1.92. The maximum absolute atomic E-state index is 11.4. The molecule has 0 rings (SSSR count). The molecule has 5 nitrogen and oxygen atoms in total. The Kier molecular flexibility index (Phi) is 11.4. The van der Waals surface area contributed by atoms with E-state index in [4.69, 9.17) is 14.2 Å². The van der Waals surface area contributed by atoms with Gasteiger partial charge in [-0.15, -0.1) is 0 Å². The summed E-state index contributed by atoms with van der Waals surface area (Å²) in [4.78, 5) is 11.4. The lowest BCUT2D eigenvalue weighted by Crippen LogP contribution is -2.39. The summed E-state index contributed by atoms with van der Waals surface area (Å²) in [5.74, 6) is -0.276. The van der Waals surface area contributed by atoms with Gasteiger partial charge < -0.3 is 19.5 Å². The van der Waals surface area contributed by atoms with Gasteiger partial charge in [-0.05, 0) is 20.4 Å². The summed E-state index contributed by atoms with van der Waals surface area (Å²) in [6.07, 6.45) is 2.20. The van der Waals surface area contributed by atoms with Gasteiger partial charge in [-0.1, -0.05) is 13.3 Å². The molecule has 0 radical (unpaired) electrons. The molecule has 0 saturated carbocycles. The Morgan fingerprint density at radius 3 is 2.47 bits per heavy atom. The lowest BCUT2D eigenvalue weighted by Gasteiger charge is -2.14. The molecule has 0 aromatic carbocycles. The highest BCUT2D eigenvalue weighted by Gasteiger charge is 2.17. The van der Waals surface area contributed by atoms with E-state index in [-0.39, 0.29) is 5.97 Å². The predicted octanol–water partition coefficient (Wildman–Crippen LogP) is 0.971. The minimum atomic E-state index is -0.398. The van der Waals surface area contributed by atoms with Crippen LogP contribution in [-0.2, 0) is 19.0 Å². The maximum atomic E-state index is 11.4. The Bertz CT molecular complexity index is 187. The monoisotopic (exact) mass is 247 g/mol. The first kappa shape index (κ1) is 16.4. The number of carbonyl (C=O) groups excluding carboxylic acids is 1. The second kappa shape index (κ2) is 11.8. The van der Waals surface area contributed by atoms with Crippen molar-refractivity contribution in [3.05, 3.63) is 0 Å². The fraction of sp³-hybridized carbons (Fsp3) is 0.917. The number of nitrogens with one attached hydrogen (secondary N) is 1. The standard InChI is InChI=1S/C12H25NO4/c1-4-6-7-15-8-9-16-10-11(13-3)12(14)17-5-2/h11,13H,4-10H2,1-3H3. The highest BCUT2D eigenvalue weighted by atomic mass is 16.5. The summed E-state index contributed by atoms with van der Waals surface area (Å²) >= 11 is 0. The van der Waals surface area contributed by atoms with Gasteiger partial charge in [0.1, 0.15) is 6.04 Å². The predicted molar refractivity (Wildman–Crippen MR) is 66.0 cm³/mol. The van der Waals surface area contributed by atoms with Crippen LogP contribution < -0.4 is 5.32 Å². The Morgan fingerprint density at radius 2 is 1.88 bits per heavy atom. The first-order valence-electron chi connectivity index (χ1n) is 6.25. The molecule has 1 unspecified atom stereocenters. The molecule has 0 fully saturated rings. The van der Waals surface area contributed by atoms with Crippen molar-refractivity contribution in [1.82, 2.24) is 5.32 Å². The van der Waals surface area contributed by atoms with Crippen molar-refractivity contribution in [3.8, 4) is 0 Å². The number of unbranched alkanes of at least 4 members (excludes halogenated alkanes) is 1. The number of hydrogen-bond donors (Lipinski definition) is 1. The highest BCUT2D eigenvalue weighted by molar-refractivity contribution is 5.75. The molecule has 0 aliphatic carbocycles. The molecule has 0 bridgehead atoms. The van der Waals surface area contributed by atoms with E-state index in [1.54, 1.807) is 14.0 Å². The smallest absolute Gasteiger partial charge is 0.325 e. The van der Waals surface area contributed by atoms with E-state index in [1.165, 1.54) is 0 Å². The molecule has 0 amide bonds. The van der Waals surface area contributed by atoms with E-state index in [9.17, 15) is 4.79 Å². The van der Waals surface area contributed by atoms with Crippen molar-refractivity contribution in [1.29, 1.82) is 0 Å². The molecule has 102 valence electrons. The third-order valence-corrected chi connectivity index (χ3v) is 2.22. The molecule has 0 aromatic heterocycles. The molecule has 0 aliphatic rings. The van der Waals surface area contributed by atoms with Crippen LogP contribution in [0.2, 0.25) is 0 Å². The zero-order valence-electron chi connectivity index (χ0n) is 11.2. The maximum Gasteiger partial charge on any atom is 0.325 e. The van der Waals surface area contributed by atoms with Crippen LogP contribution in [0.5, 0.6) is 0 Å². The van der Waals surface area contributed by atoms with Crippen LogP contribution in [-0.4, -0.2) is 52.1 Å². The third-order valence-electron chi connectivity index (χ3n) is 2.22. The van der Waals surface area contributed by atoms with Gasteiger partial charge in [-0.25, -0.2) is 0 Å². The summed E-state index contributed by atoms with van der Waals surface area (Å²) in [7, 11) is 1.71. The SMILES string of the molecule is CCCCOCCOCC(NC)C(=O)OCC. The molecule has 0 spiro atoms. The molecule has 0 aliphatic heterocycles. The molecule has 17 heavy (non-hydrogen) atoms. The second-order valence-electron chi connectivity index (χ2n) is 3.63. The van der Waals surface area contributed by atoms with Crippen molar-refractivity contribution in [2.45, 2.75) is 32.7 Å². The molecule has 1 N–H and O–H groups in total. The topological polar surface area (TPSA) is 56.8 Å². The Labute approximate surface area is 104 Å². The molecular weight excluding hydrogens is 222 g/mol. The van der Waals surface area contributed by atoms with Crippen LogP contribution in [0.15, 0.2) is 0 Å². The summed E-state index contributed by atoms with van der Waals surface area (Å²) in [6, 6.07) is -0.398. The molecule has 5 heteroatoms. The van der Waals surface area contributed by atoms with Crippen molar-refractivity contribution < 1.29 is 19.0 Å². The minimum Gasteiger partial charge on any atom is -0.465 e. The normalized spacial score (nSPS) is 12.4. The molecule has 0 heterocycles. The number of carbonyl (C=O) groups is 1. The van der Waals surface area contributed by atoms with E-state index in [1.807, 2.05) is 0 Å². The first-order valence-corrected chi connectivity index (χ1v) is 6.25. The largest absolute Gasteiger partial charge is 0.465 e. The van der Waals surface area contributed by atoms with Crippen molar-refractivity contribution in [2.75, 3.05) is 40.1 Å². The zero-order chi connectivity index (χ0) is 12.9. The summed E-state index contributed by atoms with van der Waals surface area (Å²) in [5.41, 5.74) is 0. The number of hydrogen-bond acceptors (Lipinski definition) is 5. The van der Waals surface area contributed by atoms with E-state index in [0.29, 0.717) is 26.4 Å². The van der Waals surface area contributed by atoms with Crippen molar-refractivity contribution in [2.24, 2.45) is 0 Å². The summed E-state index contributed by atoms with van der Waals surface area (Å²) < 4.78 is 15.6. The van der Waals surface area contributed by atoms with Gasteiger partial charge in [0, 0.05) is 6.61 Å². The Morgan fingerprint density at radius 1 is 1.18 bits per heavy atom. The lowest BCUT2D eigenvalue weighted by atomic mass is 10.3. The van der Waals surface area contributed by atoms with Crippen molar-refractivity contribution >= 4 is 5.97 Å². The van der Waals surface area contributed by atoms with E-state index in [0.717, 1.165) is 19.4 Å². The zero-order valence-corrected chi connectivity index (χ0v) is 11.2. The summed E-state index contributed by atoms with van der Waals surface area (Å²) in [6.45, 7) is 6.45. The average molecular weight is 247 g/mol. The Hall–Kier alpha value is -0.650. The van der Waals surface area contributed by atoms with E-state index >= 15 is 0 Å². The van der Waals surface area contributed by atoms with E-state index < -0.39 is 6.04 Å².